The van der Waals surface area contributed by atoms with Gasteiger partial charge in [0, 0.05) is 28.4 Å². The van der Waals surface area contributed by atoms with Crippen LogP contribution >= 0.6 is 47.1 Å². The van der Waals surface area contributed by atoms with Gasteiger partial charge in [-0.2, -0.15) is 0 Å². The van der Waals surface area contributed by atoms with Gasteiger partial charge in [-0.3, -0.25) is 9.13 Å². The van der Waals surface area contributed by atoms with Crippen LogP contribution in [0.25, 0.3) is 0 Å². The van der Waals surface area contributed by atoms with Crippen molar-refractivity contribution in [1.82, 2.24) is 0 Å². The Labute approximate surface area is 105 Å². The first-order valence-corrected chi connectivity index (χ1v) is 8.22. The van der Waals surface area contributed by atoms with E-state index in [0.29, 0.717) is 0 Å². The summed E-state index contributed by atoms with van der Waals surface area (Å²) < 4.78 is 41.2. The van der Waals surface area contributed by atoms with E-state index in [2.05, 4.69) is 31.9 Å². The third-order valence-electron chi connectivity index (χ3n) is 1.62. The molecule has 10 heteroatoms. The third-order valence-corrected chi connectivity index (χ3v) is 11.5. The summed E-state index contributed by atoms with van der Waals surface area (Å²) in [5.41, 5.74) is 0. The van der Waals surface area contributed by atoms with E-state index >= 15 is 0 Å². The molecule has 92 valence electrons. The molecule has 0 N–H and O–H groups in total. The SMILES string of the molecule is COP(=O)(OC)C(Br)(Br)P(=O)(OC)OC. The summed E-state index contributed by atoms with van der Waals surface area (Å²) in [4.78, 5) is 0. The van der Waals surface area contributed by atoms with Gasteiger partial charge >= 0.3 is 15.2 Å². The van der Waals surface area contributed by atoms with Gasteiger partial charge in [0.2, 0.25) is 0 Å². The van der Waals surface area contributed by atoms with Crippen LogP contribution < -0.4 is 0 Å². The first-order valence-electron chi connectivity index (χ1n) is 3.55. The second-order valence-electron chi connectivity index (χ2n) is 2.23. The molecule has 0 spiro atoms. The normalized spacial score (nSPS) is 14.3. The molecule has 0 amide bonds. The van der Waals surface area contributed by atoms with Gasteiger partial charge in [0.25, 0.3) is 2.72 Å². The molecular weight excluding hydrogens is 378 g/mol. The molecule has 0 heterocycles. The molecule has 0 aliphatic rings. The standard InChI is InChI=1S/C5H12Br2O6P2/c1-10-14(8,11-2)5(6,7)15(9,12-3)13-4/h1-4H3. The minimum atomic E-state index is -3.72. The van der Waals surface area contributed by atoms with E-state index in [9.17, 15) is 9.13 Å². The molecule has 0 radical (unpaired) electrons. The summed E-state index contributed by atoms with van der Waals surface area (Å²) in [6.07, 6.45) is 0. The van der Waals surface area contributed by atoms with Crippen molar-refractivity contribution in [1.29, 1.82) is 0 Å². The number of rotatable bonds is 6. The van der Waals surface area contributed by atoms with Crippen LogP contribution in [0.4, 0.5) is 0 Å². The van der Waals surface area contributed by atoms with Crippen LogP contribution in [-0.4, -0.2) is 31.2 Å². The van der Waals surface area contributed by atoms with E-state index in [-0.39, 0.29) is 0 Å². The lowest BCUT2D eigenvalue weighted by molar-refractivity contribution is 0.255. The van der Waals surface area contributed by atoms with Crippen LogP contribution in [0.3, 0.4) is 0 Å². The largest absolute Gasteiger partial charge is 0.369 e. The monoisotopic (exact) mass is 388 g/mol. The lowest BCUT2D eigenvalue weighted by Gasteiger charge is -2.31. The van der Waals surface area contributed by atoms with E-state index < -0.39 is 17.9 Å². The highest BCUT2D eigenvalue weighted by Gasteiger charge is 2.61. The highest BCUT2D eigenvalue weighted by Crippen LogP contribution is 2.82. The van der Waals surface area contributed by atoms with Gasteiger partial charge in [-0.15, -0.1) is 0 Å². The molecule has 0 rings (SSSR count). The first kappa shape index (κ1) is 16.3. The maximum Gasteiger partial charge on any atom is 0.369 e. The van der Waals surface area contributed by atoms with Crippen molar-refractivity contribution >= 4 is 47.1 Å². The molecule has 0 aliphatic carbocycles. The quantitative estimate of drug-likeness (QED) is 0.512. The van der Waals surface area contributed by atoms with E-state index in [0.717, 1.165) is 28.4 Å². The molecule has 0 atom stereocenters. The number of hydrogen-bond acceptors (Lipinski definition) is 6. The molecule has 6 nitrogen and oxygen atoms in total. The van der Waals surface area contributed by atoms with Gasteiger partial charge in [0.1, 0.15) is 0 Å². The minimum absolute atomic E-state index is 1.16. The van der Waals surface area contributed by atoms with Crippen molar-refractivity contribution in [3.8, 4) is 0 Å². The second-order valence-corrected chi connectivity index (χ2v) is 13.3. The van der Waals surface area contributed by atoms with E-state index in [1.165, 1.54) is 0 Å². The fraction of sp³-hybridized carbons (Fsp3) is 1.00. The Kier molecular flexibility index (Phi) is 6.22. The third kappa shape index (κ3) is 2.75. The van der Waals surface area contributed by atoms with Crippen LogP contribution in [0.15, 0.2) is 0 Å². The molecule has 0 aromatic carbocycles. The van der Waals surface area contributed by atoms with E-state index in [1.807, 2.05) is 0 Å². The molecule has 0 unspecified atom stereocenters. The highest BCUT2D eigenvalue weighted by molar-refractivity contribution is 9.29. The zero-order valence-corrected chi connectivity index (χ0v) is 13.6. The van der Waals surface area contributed by atoms with Crippen molar-refractivity contribution in [3.05, 3.63) is 0 Å². The van der Waals surface area contributed by atoms with Crippen LogP contribution in [0, 0.1) is 0 Å². The molecule has 0 aliphatic heterocycles. The molecule has 0 fully saturated rings. The number of hydrogen-bond donors (Lipinski definition) is 0. The van der Waals surface area contributed by atoms with Crippen LogP contribution in [0.2, 0.25) is 0 Å². The van der Waals surface area contributed by atoms with Crippen molar-refractivity contribution in [2.24, 2.45) is 0 Å². The maximum atomic E-state index is 12.1. The topological polar surface area (TPSA) is 71.1 Å². The molecule has 0 bridgehead atoms. The lowest BCUT2D eigenvalue weighted by atomic mass is 11.8. The summed E-state index contributed by atoms with van der Waals surface area (Å²) in [6.45, 7) is 0. The molecule has 0 aromatic heterocycles. The smallest absolute Gasteiger partial charge is 0.310 e. The Hall–Kier alpha value is 1.26. The van der Waals surface area contributed by atoms with Crippen molar-refractivity contribution in [2.45, 2.75) is 2.72 Å². The average Bonchev–Trinajstić information content (AvgIpc) is 2.26. The second kappa shape index (κ2) is 5.74. The molecule has 15 heavy (non-hydrogen) atoms. The van der Waals surface area contributed by atoms with Crippen molar-refractivity contribution < 1.29 is 27.2 Å². The lowest BCUT2D eigenvalue weighted by Crippen LogP contribution is -2.17. The van der Waals surface area contributed by atoms with Gasteiger partial charge < -0.3 is 18.1 Å². The average molecular weight is 390 g/mol. The van der Waals surface area contributed by atoms with Crippen LogP contribution in [0.1, 0.15) is 0 Å². The van der Waals surface area contributed by atoms with Crippen LogP contribution in [-0.2, 0) is 27.2 Å². The van der Waals surface area contributed by atoms with Crippen LogP contribution in [0.5, 0.6) is 0 Å². The molecule has 0 saturated heterocycles. The predicted molar refractivity (Wildman–Crippen MR) is 63.8 cm³/mol. The summed E-state index contributed by atoms with van der Waals surface area (Å²) in [6, 6.07) is 0. The Bertz CT molecular complexity index is 262. The molecule has 0 aromatic rings. The summed E-state index contributed by atoms with van der Waals surface area (Å²) >= 11 is 5.92. The Morgan fingerprint density at radius 2 is 1.00 bits per heavy atom. The molecular formula is C5H12Br2O6P2. The maximum absolute atomic E-state index is 12.1. The van der Waals surface area contributed by atoms with E-state index in [1.54, 1.807) is 0 Å². The zero-order chi connectivity index (χ0) is 12.3. The van der Waals surface area contributed by atoms with Gasteiger partial charge in [0.05, 0.1) is 0 Å². The minimum Gasteiger partial charge on any atom is -0.310 e. The predicted octanol–water partition coefficient (Wildman–Crippen LogP) is 3.36. The van der Waals surface area contributed by atoms with Crippen molar-refractivity contribution in [3.63, 3.8) is 0 Å². The summed E-state index contributed by atoms with van der Waals surface area (Å²) in [7, 11) is -2.78. The summed E-state index contributed by atoms with van der Waals surface area (Å²) in [5, 5.41) is 0. The Morgan fingerprint density at radius 1 is 0.800 bits per heavy atom. The fourth-order valence-corrected chi connectivity index (χ4v) is 7.57. The number of alkyl halides is 2. The van der Waals surface area contributed by atoms with Gasteiger partial charge in [-0.05, 0) is 31.9 Å². The van der Waals surface area contributed by atoms with Gasteiger partial charge in [-0.25, -0.2) is 0 Å². The Morgan fingerprint density at radius 3 is 1.13 bits per heavy atom. The fourth-order valence-electron chi connectivity index (χ4n) is 0.738. The van der Waals surface area contributed by atoms with Gasteiger partial charge in [-0.1, -0.05) is 0 Å². The highest BCUT2D eigenvalue weighted by atomic mass is 79.9. The molecule has 0 saturated carbocycles. The number of halogens is 2. The zero-order valence-electron chi connectivity index (χ0n) is 8.60. The van der Waals surface area contributed by atoms with E-state index in [4.69, 9.17) is 18.1 Å². The Balaban J connectivity index is 5.47. The van der Waals surface area contributed by atoms with Crippen molar-refractivity contribution in [2.75, 3.05) is 28.4 Å². The first-order chi connectivity index (χ1) is 6.74. The summed E-state index contributed by atoms with van der Waals surface area (Å²) in [5.74, 6) is 0. The van der Waals surface area contributed by atoms with Gasteiger partial charge in [0.15, 0.2) is 0 Å².